The Bertz CT molecular complexity index is 2300. The Labute approximate surface area is 237 Å². The van der Waals surface area contributed by atoms with Gasteiger partial charge in [-0.1, -0.05) is 91.0 Å². The van der Waals surface area contributed by atoms with E-state index in [1.54, 1.807) is 0 Å². The number of benzene rings is 5. The maximum absolute atomic E-state index is 5.11. The molecule has 8 aromatic rings. The van der Waals surface area contributed by atoms with E-state index in [1.165, 1.54) is 55.1 Å². The maximum Gasteiger partial charge on any atom is 0.146 e. The first kappa shape index (κ1) is 22.5. The minimum atomic E-state index is 0.155. The third-order valence-electron chi connectivity index (χ3n) is 8.70. The van der Waals surface area contributed by atoms with Crippen LogP contribution in [0.25, 0.3) is 49.5 Å². The Morgan fingerprint density at radius 1 is 0.561 bits per heavy atom. The second-order valence-electron chi connectivity index (χ2n) is 11.0. The molecule has 3 nitrogen and oxygen atoms in total. The largest absolute Gasteiger partial charge is 0.292 e. The summed E-state index contributed by atoms with van der Waals surface area (Å²) in [6.45, 7) is 0. The van der Waals surface area contributed by atoms with E-state index in [2.05, 4.69) is 126 Å². The highest BCUT2D eigenvalue weighted by molar-refractivity contribution is 6.13. The summed E-state index contributed by atoms with van der Waals surface area (Å²) < 4.78 is 2.32. The first-order valence-electron chi connectivity index (χ1n) is 14.2. The van der Waals surface area contributed by atoms with Crippen molar-refractivity contribution in [3.8, 4) is 11.1 Å². The van der Waals surface area contributed by atoms with Gasteiger partial charge < -0.3 is 0 Å². The Balaban J connectivity index is 1.20. The van der Waals surface area contributed by atoms with Gasteiger partial charge in [0, 0.05) is 17.0 Å². The summed E-state index contributed by atoms with van der Waals surface area (Å²) in [5, 5.41) is 3.68. The molecular formula is C38H25N3. The predicted molar refractivity (Wildman–Crippen MR) is 168 cm³/mol. The van der Waals surface area contributed by atoms with Crippen molar-refractivity contribution >= 4 is 38.4 Å². The molecule has 0 aliphatic heterocycles. The van der Waals surface area contributed by atoms with Crippen LogP contribution in [0.2, 0.25) is 0 Å². The lowest BCUT2D eigenvalue weighted by atomic mass is 9.91. The highest BCUT2D eigenvalue weighted by Gasteiger charge is 2.30. The van der Waals surface area contributed by atoms with Gasteiger partial charge in [-0.05, 0) is 81.6 Å². The Hall–Kier alpha value is -5.28. The fourth-order valence-corrected chi connectivity index (χ4v) is 6.94. The molecule has 0 saturated heterocycles. The number of rotatable bonds is 3. The van der Waals surface area contributed by atoms with E-state index < -0.39 is 0 Å². The van der Waals surface area contributed by atoms with Gasteiger partial charge in [-0.2, -0.15) is 0 Å². The van der Waals surface area contributed by atoms with E-state index in [9.17, 15) is 0 Å². The normalized spacial score (nSPS) is 14.2. The highest BCUT2D eigenvalue weighted by atomic mass is 15.0. The number of pyridine rings is 2. The Morgan fingerprint density at radius 2 is 1.32 bits per heavy atom. The summed E-state index contributed by atoms with van der Waals surface area (Å²) in [6, 6.07) is 46.0. The van der Waals surface area contributed by atoms with Crippen molar-refractivity contribution in [2.75, 3.05) is 0 Å². The van der Waals surface area contributed by atoms with E-state index in [0.29, 0.717) is 0 Å². The van der Waals surface area contributed by atoms with Crippen molar-refractivity contribution in [3.63, 3.8) is 0 Å². The first-order valence-corrected chi connectivity index (χ1v) is 14.2. The second-order valence-corrected chi connectivity index (χ2v) is 11.0. The number of nitrogens with zero attached hydrogens (tertiary/aromatic N) is 3. The van der Waals surface area contributed by atoms with Gasteiger partial charge in [0.25, 0.3) is 0 Å². The monoisotopic (exact) mass is 523 g/mol. The SMILES string of the molecule is c1ccc(C2c3ccccc3-c3ccc(Cc4ccc5c6ccccc6n6c7ccccc7nc6c5c4)cc32)nc1. The molecule has 1 aliphatic rings. The minimum Gasteiger partial charge on any atom is -0.292 e. The van der Waals surface area contributed by atoms with Crippen molar-refractivity contribution in [1.82, 2.24) is 14.4 Å². The van der Waals surface area contributed by atoms with Crippen molar-refractivity contribution in [2.45, 2.75) is 12.3 Å². The standard InChI is InChI=1S/C38H25N3/c1-2-11-30-26(9-1)27-18-16-24(22-31(27)37(30)34-13-7-8-20-39-34)21-25-17-19-28-29-10-3-5-14-35(29)41-36-15-6-4-12-33(36)40-38(41)32(28)23-25/h1-20,22-23,37H,21H2. The first-order chi connectivity index (χ1) is 20.3. The molecule has 0 radical (unpaired) electrons. The summed E-state index contributed by atoms with van der Waals surface area (Å²) in [5.41, 5.74) is 13.4. The number of para-hydroxylation sites is 3. The number of hydrogen-bond acceptors (Lipinski definition) is 2. The minimum absolute atomic E-state index is 0.155. The molecule has 41 heavy (non-hydrogen) atoms. The van der Waals surface area contributed by atoms with Gasteiger partial charge in [0.15, 0.2) is 0 Å². The molecule has 0 saturated carbocycles. The summed E-state index contributed by atoms with van der Waals surface area (Å²) in [5.74, 6) is 0.155. The lowest BCUT2D eigenvalue weighted by molar-refractivity contribution is 0.942. The molecule has 3 aromatic heterocycles. The van der Waals surface area contributed by atoms with E-state index in [4.69, 9.17) is 9.97 Å². The number of hydrogen-bond donors (Lipinski definition) is 0. The summed E-state index contributed by atoms with van der Waals surface area (Å²) >= 11 is 0. The van der Waals surface area contributed by atoms with Crippen LogP contribution in [0.4, 0.5) is 0 Å². The second kappa shape index (κ2) is 8.61. The van der Waals surface area contributed by atoms with Crippen LogP contribution in [0.15, 0.2) is 134 Å². The molecule has 1 unspecified atom stereocenters. The van der Waals surface area contributed by atoms with Gasteiger partial charge in [0.1, 0.15) is 5.65 Å². The molecule has 5 aromatic carbocycles. The van der Waals surface area contributed by atoms with Gasteiger partial charge >= 0.3 is 0 Å². The van der Waals surface area contributed by atoms with Crippen LogP contribution in [-0.4, -0.2) is 14.4 Å². The summed E-state index contributed by atoms with van der Waals surface area (Å²) in [4.78, 5) is 9.88. The molecule has 0 spiro atoms. The number of imidazole rings is 1. The predicted octanol–water partition coefficient (Wildman–Crippen LogP) is 8.94. The van der Waals surface area contributed by atoms with E-state index in [0.717, 1.165) is 28.8 Å². The highest BCUT2D eigenvalue weighted by Crippen LogP contribution is 2.47. The number of aromatic nitrogens is 3. The van der Waals surface area contributed by atoms with Crippen molar-refractivity contribution in [2.24, 2.45) is 0 Å². The van der Waals surface area contributed by atoms with Gasteiger partial charge in [0.05, 0.1) is 28.2 Å². The van der Waals surface area contributed by atoms with Crippen molar-refractivity contribution in [3.05, 3.63) is 162 Å². The molecule has 1 aliphatic carbocycles. The van der Waals surface area contributed by atoms with E-state index >= 15 is 0 Å². The zero-order chi connectivity index (χ0) is 26.9. The van der Waals surface area contributed by atoms with Crippen LogP contribution in [0.3, 0.4) is 0 Å². The van der Waals surface area contributed by atoms with Crippen LogP contribution in [0.5, 0.6) is 0 Å². The van der Waals surface area contributed by atoms with Crippen molar-refractivity contribution in [1.29, 1.82) is 0 Å². The third kappa shape index (κ3) is 3.33. The molecule has 0 fully saturated rings. The molecule has 3 heterocycles. The topological polar surface area (TPSA) is 30.2 Å². The smallest absolute Gasteiger partial charge is 0.146 e. The summed E-state index contributed by atoms with van der Waals surface area (Å²) in [6.07, 6.45) is 2.76. The van der Waals surface area contributed by atoms with Gasteiger partial charge in [-0.3, -0.25) is 9.38 Å². The van der Waals surface area contributed by atoms with Gasteiger partial charge in [0.2, 0.25) is 0 Å². The van der Waals surface area contributed by atoms with Crippen LogP contribution in [0.1, 0.15) is 33.9 Å². The molecule has 3 heteroatoms. The summed E-state index contributed by atoms with van der Waals surface area (Å²) in [7, 11) is 0. The maximum atomic E-state index is 5.11. The molecule has 1 atom stereocenters. The zero-order valence-electron chi connectivity index (χ0n) is 22.3. The molecule has 192 valence electrons. The number of fused-ring (bicyclic) bond motifs is 11. The molecule has 0 amide bonds. The molecular weight excluding hydrogens is 498 g/mol. The van der Waals surface area contributed by atoms with Crippen LogP contribution in [-0.2, 0) is 6.42 Å². The average Bonchev–Trinajstić information content (AvgIpc) is 3.58. The molecule has 9 rings (SSSR count). The van der Waals surface area contributed by atoms with E-state index in [1.807, 2.05) is 12.3 Å². The Morgan fingerprint density at radius 3 is 2.24 bits per heavy atom. The van der Waals surface area contributed by atoms with E-state index in [-0.39, 0.29) is 5.92 Å². The quantitative estimate of drug-likeness (QED) is 0.216. The Kier molecular flexibility index (Phi) is 4.73. The third-order valence-corrected chi connectivity index (χ3v) is 8.70. The van der Waals surface area contributed by atoms with Crippen LogP contribution >= 0.6 is 0 Å². The van der Waals surface area contributed by atoms with Crippen LogP contribution < -0.4 is 0 Å². The average molecular weight is 524 g/mol. The fourth-order valence-electron chi connectivity index (χ4n) is 6.94. The zero-order valence-corrected chi connectivity index (χ0v) is 22.3. The van der Waals surface area contributed by atoms with Gasteiger partial charge in [-0.25, -0.2) is 4.98 Å². The molecule has 0 bridgehead atoms. The van der Waals surface area contributed by atoms with Gasteiger partial charge in [-0.15, -0.1) is 0 Å². The van der Waals surface area contributed by atoms with Crippen LogP contribution in [0, 0.1) is 0 Å². The van der Waals surface area contributed by atoms with Crippen molar-refractivity contribution < 1.29 is 0 Å². The lowest BCUT2D eigenvalue weighted by Gasteiger charge is -2.14. The fraction of sp³-hybridized carbons (Fsp3) is 0.0526. The lowest BCUT2D eigenvalue weighted by Crippen LogP contribution is -2.02. The molecule has 0 N–H and O–H groups in total.